The molecule has 0 spiro atoms. The zero-order chi connectivity index (χ0) is 16.0. The summed E-state index contributed by atoms with van der Waals surface area (Å²) >= 11 is 1.95. The quantitative estimate of drug-likeness (QED) is 0.763. The van der Waals surface area contributed by atoms with E-state index in [1.165, 1.54) is 6.39 Å². The molecular weight excluding hydrogens is 304 g/mol. The first-order chi connectivity index (χ1) is 10.3. The zero-order valence-corrected chi connectivity index (χ0v) is 13.7. The number of hydrazine groups is 1. The average molecular weight is 324 g/mol. The molecule has 1 aromatic rings. The fourth-order valence-electron chi connectivity index (χ4n) is 3.14. The van der Waals surface area contributed by atoms with Gasteiger partial charge in [-0.25, -0.2) is 15.2 Å². The van der Waals surface area contributed by atoms with Gasteiger partial charge in [0.15, 0.2) is 12.1 Å². The van der Waals surface area contributed by atoms with Crippen LogP contribution in [0.1, 0.15) is 30.1 Å². The fourth-order valence-corrected chi connectivity index (χ4v) is 5.02. The number of oxazole rings is 1. The van der Waals surface area contributed by atoms with Crippen LogP contribution in [0.15, 0.2) is 10.8 Å². The molecule has 120 valence electrons. The van der Waals surface area contributed by atoms with Crippen LogP contribution in [-0.4, -0.2) is 46.4 Å². The molecular formula is C14H20N4O3S. The Bertz CT molecular complexity index is 601. The lowest BCUT2D eigenvalue weighted by Crippen LogP contribution is -2.49. The minimum Gasteiger partial charge on any atom is -0.448 e. The third-order valence-corrected chi connectivity index (χ3v) is 6.59. The van der Waals surface area contributed by atoms with Crippen LogP contribution in [0.25, 0.3) is 0 Å². The molecule has 3 rings (SSSR count). The summed E-state index contributed by atoms with van der Waals surface area (Å²) in [5, 5.41) is 0. The van der Waals surface area contributed by atoms with E-state index in [9.17, 15) is 9.59 Å². The topological polar surface area (TPSA) is 87.5 Å². The van der Waals surface area contributed by atoms with Crippen LogP contribution >= 0.6 is 11.8 Å². The van der Waals surface area contributed by atoms with Crippen LogP contribution in [0.3, 0.4) is 0 Å². The van der Waals surface area contributed by atoms with Crippen LogP contribution in [0, 0.1) is 17.8 Å². The van der Waals surface area contributed by atoms with Gasteiger partial charge >= 0.3 is 6.03 Å². The number of carbonyl (C=O) groups excluding carboxylic acids is 2. The smallest absolute Gasteiger partial charge is 0.336 e. The van der Waals surface area contributed by atoms with Crippen molar-refractivity contribution in [2.45, 2.75) is 20.8 Å². The highest BCUT2D eigenvalue weighted by Gasteiger charge is 2.56. The maximum atomic E-state index is 12.3. The van der Waals surface area contributed by atoms with Gasteiger partial charge in [0, 0.05) is 35.4 Å². The van der Waals surface area contributed by atoms with Crippen LogP contribution in [0.5, 0.6) is 0 Å². The highest BCUT2D eigenvalue weighted by atomic mass is 32.2. The van der Waals surface area contributed by atoms with Gasteiger partial charge in [-0.3, -0.25) is 10.2 Å². The van der Waals surface area contributed by atoms with E-state index in [2.05, 4.69) is 29.7 Å². The molecule has 8 heteroatoms. The third kappa shape index (κ3) is 2.35. The summed E-state index contributed by atoms with van der Waals surface area (Å²) in [5.41, 5.74) is 5.30. The molecule has 0 radical (unpaired) electrons. The van der Waals surface area contributed by atoms with Gasteiger partial charge in [0.25, 0.3) is 5.91 Å². The molecule has 2 fully saturated rings. The second kappa shape index (κ2) is 5.19. The molecule has 2 N–H and O–H groups in total. The molecule has 3 heterocycles. The van der Waals surface area contributed by atoms with E-state index in [1.54, 1.807) is 11.8 Å². The van der Waals surface area contributed by atoms with E-state index >= 15 is 0 Å². The van der Waals surface area contributed by atoms with Gasteiger partial charge in [-0.2, -0.15) is 11.8 Å². The predicted octanol–water partition coefficient (Wildman–Crippen LogP) is 1.41. The van der Waals surface area contributed by atoms with Gasteiger partial charge in [-0.1, -0.05) is 13.8 Å². The summed E-state index contributed by atoms with van der Waals surface area (Å²) in [4.78, 5) is 29.8. The van der Waals surface area contributed by atoms with Crippen LogP contribution < -0.4 is 10.9 Å². The summed E-state index contributed by atoms with van der Waals surface area (Å²) in [7, 11) is 0. The van der Waals surface area contributed by atoms with E-state index in [4.69, 9.17) is 4.42 Å². The largest absolute Gasteiger partial charge is 0.448 e. The summed E-state index contributed by atoms with van der Waals surface area (Å²) < 4.78 is 4.97. The Morgan fingerprint density at radius 3 is 2.45 bits per heavy atom. The number of rotatable bonds is 1. The van der Waals surface area contributed by atoms with Crippen molar-refractivity contribution in [1.29, 1.82) is 0 Å². The molecule has 2 aliphatic rings. The zero-order valence-electron chi connectivity index (χ0n) is 12.9. The monoisotopic (exact) mass is 324 g/mol. The third-order valence-electron chi connectivity index (χ3n) is 4.91. The number of aryl methyl sites for hydroxylation is 1. The molecule has 0 aromatic carbocycles. The number of fused-ring (bicyclic) bond motifs is 1. The Kier molecular flexibility index (Phi) is 3.58. The van der Waals surface area contributed by atoms with Gasteiger partial charge in [-0.05, 0) is 6.92 Å². The summed E-state index contributed by atoms with van der Waals surface area (Å²) in [6.45, 7) is 7.53. The molecule has 7 nitrogen and oxygen atoms in total. The van der Waals surface area contributed by atoms with Crippen LogP contribution in [-0.2, 0) is 0 Å². The van der Waals surface area contributed by atoms with Crippen molar-refractivity contribution in [2.24, 2.45) is 10.8 Å². The van der Waals surface area contributed by atoms with Crippen molar-refractivity contribution in [1.82, 2.24) is 20.7 Å². The molecule has 2 atom stereocenters. The number of urea groups is 1. The Hall–Kier alpha value is -1.70. The first kappa shape index (κ1) is 15.2. The molecule has 0 bridgehead atoms. The van der Waals surface area contributed by atoms with E-state index in [0.29, 0.717) is 18.8 Å². The van der Waals surface area contributed by atoms with Crippen LogP contribution in [0.2, 0.25) is 0 Å². The number of carbonyl (C=O) groups is 2. The average Bonchev–Trinajstić information content (AvgIpc) is 3.06. The second-order valence-corrected chi connectivity index (χ2v) is 7.60. The van der Waals surface area contributed by atoms with Gasteiger partial charge in [-0.15, -0.1) is 0 Å². The van der Waals surface area contributed by atoms with Gasteiger partial charge in [0.1, 0.15) is 5.76 Å². The molecule has 0 aliphatic carbocycles. The predicted molar refractivity (Wildman–Crippen MR) is 82.3 cm³/mol. The number of nitrogens with zero attached hydrogens (tertiary/aromatic N) is 2. The van der Waals surface area contributed by atoms with Gasteiger partial charge < -0.3 is 9.32 Å². The SMILES string of the molecule is Cc1ocnc1C(=O)NNC(=O)N1C[C@]2(C)CSC[C@]2(C)C1. The number of thioether (sulfide) groups is 1. The molecule has 2 saturated heterocycles. The first-order valence-electron chi connectivity index (χ1n) is 7.18. The van der Waals surface area contributed by atoms with E-state index in [-0.39, 0.29) is 22.6 Å². The Morgan fingerprint density at radius 1 is 1.27 bits per heavy atom. The molecule has 0 unspecified atom stereocenters. The summed E-state index contributed by atoms with van der Waals surface area (Å²) in [5.74, 6) is 2.07. The maximum absolute atomic E-state index is 12.3. The minimum absolute atomic E-state index is 0.141. The summed E-state index contributed by atoms with van der Waals surface area (Å²) in [6, 6.07) is -0.281. The van der Waals surface area contributed by atoms with E-state index in [1.807, 2.05) is 11.8 Å². The number of likely N-dealkylation sites (tertiary alicyclic amines) is 1. The molecule has 3 amide bonds. The van der Waals surface area contributed by atoms with Crippen molar-refractivity contribution in [3.05, 3.63) is 17.8 Å². The summed E-state index contributed by atoms with van der Waals surface area (Å²) in [6.07, 6.45) is 1.20. The molecule has 2 aliphatic heterocycles. The van der Waals surface area contributed by atoms with Gasteiger partial charge in [0.05, 0.1) is 0 Å². The number of hydrogen-bond donors (Lipinski definition) is 2. The van der Waals surface area contributed by atoms with Crippen LogP contribution in [0.4, 0.5) is 4.79 Å². The second-order valence-electron chi connectivity index (χ2n) is 6.61. The highest BCUT2D eigenvalue weighted by molar-refractivity contribution is 7.99. The lowest BCUT2D eigenvalue weighted by atomic mass is 9.71. The lowest BCUT2D eigenvalue weighted by molar-refractivity contribution is 0.0925. The normalized spacial score (nSPS) is 30.2. The van der Waals surface area contributed by atoms with E-state index < -0.39 is 5.91 Å². The first-order valence-corrected chi connectivity index (χ1v) is 8.33. The highest BCUT2D eigenvalue weighted by Crippen LogP contribution is 2.54. The van der Waals surface area contributed by atoms with Crippen molar-refractivity contribution in [2.75, 3.05) is 24.6 Å². The fraction of sp³-hybridized carbons (Fsp3) is 0.643. The molecule has 1 aromatic heterocycles. The number of nitrogens with one attached hydrogen (secondary N) is 2. The number of aromatic nitrogens is 1. The lowest BCUT2D eigenvalue weighted by Gasteiger charge is -2.30. The maximum Gasteiger partial charge on any atom is 0.336 e. The van der Waals surface area contributed by atoms with Gasteiger partial charge in [0.2, 0.25) is 0 Å². The molecule has 22 heavy (non-hydrogen) atoms. The standard InChI is InChI=1S/C14H20N4O3S/c1-9-10(15-8-21-9)11(19)16-17-12(20)18-4-13(2)6-22-7-14(13,3)5-18/h8H,4-7H2,1-3H3,(H,16,19)(H,17,20)/t13-,14+. The van der Waals surface area contributed by atoms with Crippen molar-refractivity contribution in [3.63, 3.8) is 0 Å². The van der Waals surface area contributed by atoms with Crippen molar-refractivity contribution in [3.8, 4) is 0 Å². The Morgan fingerprint density at radius 2 is 1.91 bits per heavy atom. The molecule has 0 saturated carbocycles. The Balaban J connectivity index is 1.58. The van der Waals surface area contributed by atoms with Crippen molar-refractivity contribution >= 4 is 23.7 Å². The number of hydrogen-bond acceptors (Lipinski definition) is 5. The number of amides is 3. The minimum atomic E-state index is -0.480. The van der Waals surface area contributed by atoms with Crippen molar-refractivity contribution < 1.29 is 14.0 Å². The van der Waals surface area contributed by atoms with E-state index in [0.717, 1.165) is 11.5 Å². The Labute approximate surface area is 133 Å².